The van der Waals surface area contributed by atoms with E-state index in [-0.39, 0.29) is 22.0 Å². The second kappa shape index (κ2) is 8.94. The van der Waals surface area contributed by atoms with Crippen molar-refractivity contribution in [3.63, 3.8) is 0 Å². The molecule has 1 aromatic carbocycles. The van der Waals surface area contributed by atoms with Crippen LogP contribution in [0.15, 0.2) is 40.6 Å². The quantitative estimate of drug-likeness (QED) is 0.720. The van der Waals surface area contributed by atoms with Gasteiger partial charge in [0.05, 0.1) is 17.6 Å². The normalized spacial score (nSPS) is 16.8. The number of benzene rings is 1. The molecule has 9 nitrogen and oxygen atoms in total. The maximum absolute atomic E-state index is 13.0. The maximum Gasteiger partial charge on any atom is 0.413 e. The molecule has 1 aromatic heterocycles. The van der Waals surface area contributed by atoms with E-state index in [4.69, 9.17) is 0 Å². The standard InChI is InChI=1S/C19H21N3O6S2/c1-12-5-7-13(8-6-12)30(26,27)22-10-3-4-15(22)17(24)20-18-14(9-11-29-18)16(23)21-19(25)28-2/h5-9,11,15H,3-4,10H2,1-2H3,(H,20,24)(H,21,23,25). The van der Waals surface area contributed by atoms with Crippen molar-refractivity contribution in [2.45, 2.75) is 30.7 Å². The number of rotatable bonds is 5. The molecule has 1 atom stereocenters. The summed E-state index contributed by atoms with van der Waals surface area (Å²) in [6, 6.07) is 7.01. The summed E-state index contributed by atoms with van der Waals surface area (Å²) in [6.07, 6.45) is -0.00964. The first-order valence-electron chi connectivity index (χ1n) is 9.10. The van der Waals surface area contributed by atoms with Crippen molar-refractivity contribution >= 4 is 44.3 Å². The van der Waals surface area contributed by atoms with Crippen molar-refractivity contribution in [2.24, 2.45) is 0 Å². The summed E-state index contributed by atoms with van der Waals surface area (Å²) < 4.78 is 31.6. The Balaban J connectivity index is 1.77. The molecule has 3 rings (SSSR count). The van der Waals surface area contributed by atoms with Gasteiger partial charge in [-0.1, -0.05) is 17.7 Å². The molecule has 2 heterocycles. The van der Waals surface area contributed by atoms with Crippen LogP contribution in [0.25, 0.3) is 0 Å². The van der Waals surface area contributed by atoms with E-state index in [0.717, 1.165) is 24.0 Å². The number of ether oxygens (including phenoxy) is 1. The Morgan fingerprint density at radius 3 is 2.53 bits per heavy atom. The van der Waals surface area contributed by atoms with Gasteiger partial charge in [0.15, 0.2) is 0 Å². The van der Waals surface area contributed by atoms with Gasteiger partial charge < -0.3 is 10.1 Å². The van der Waals surface area contributed by atoms with Crippen LogP contribution in [0.2, 0.25) is 0 Å². The molecule has 0 saturated carbocycles. The van der Waals surface area contributed by atoms with E-state index < -0.39 is 34.0 Å². The summed E-state index contributed by atoms with van der Waals surface area (Å²) in [5.41, 5.74) is 1.02. The lowest BCUT2D eigenvalue weighted by atomic mass is 10.2. The van der Waals surface area contributed by atoms with Crippen LogP contribution in [-0.2, 0) is 19.6 Å². The maximum atomic E-state index is 13.0. The van der Waals surface area contributed by atoms with Crippen LogP contribution in [0.3, 0.4) is 0 Å². The zero-order valence-corrected chi connectivity index (χ0v) is 18.0. The third-order valence-corrected chi connectivity index (χ3v) is 7.43. The molecule has 1 saturated heterocycles. The molecule has 3 amide bonds. The number of amides is 3. The fraction of sp³-hybridized carbons (Fsp3) is 0.316. The van der Waals surface area contributed by atoms with Gasteiger partial charge >= 0.3 is 6.09 Å². The van der Waals surface area contributed by atoms with Gasteiger partial charge in [0.2, 0.25) is 15.9 Å². The number of alkyl carbamates (subject to hydrolysis) is 1. The van der Waals surface area contributed by atoms with Crippen molar-refractivity contribution in [2.75, 3.05) is 19.0 Å². The molecule has 1 aliphatic heterocycles. The van der Waals surface area contributed by atoms with Gasteiger partial charge in [0.1, 0.15) is 11.0 Å². The highest BCUT2D eigenvalue weighted by molar-refractivity contribution is 7.89. The average Bonchev–Trinajstić information content (AvgIpc) is 3.38. The number of carbonyl (C=O) groups excluding carboxylic acids is 3. The van der Waals surface area contributed by atoms with Crippen molar-refractivity contribution in [3.05, 3.63) is 46.8 Å². The highest BCUT2D eigenvalue weighted by Gasteiger charge is 2.39. The van der Waals surface area contributed by atoms with Gasteiger partial charge in [-0.3, -0.25) is 14.9 Å². The SMILES string of the molecule is COC(=O)NC(=O)c1ccsc1NC(=O)C1CCCN1S(=O)(=O)c1ccc(C)cc1. The molecule has 1 aliphatic rings. The number of carbonyl (C=O) groups is 3. The lowest BCUT2D eigenvalue weighted by Crippen LogP contribution is -2.43. The molecule has 0 radical (unpaired) electrons. The van der Waals surface area contributed by atoms with E-state index in [1.54, 1.807) is 17.5 Å². The van der Waals surface area contributed by atoms with E-state index in [2.05, 4.69) is 10.1 Å². The van der Waals surface area contributed by atoms with Gasteiger partial charge in [-0.25, -0.2) is 13.2 Å². The summed E-state index contributed by atoms with van der Waals surface area (Å²) in [4.78, 5) is 36.4. The number of aryl methyl sites for hydroxylation is 1. The van der Waals surface area contributed by atoms with Gasteiger partial charge in [-0.05, 0) is 43.3 Å². The molecule has 30 heavy (non-hydrogen) atoms. The minimum Gasteiger partial charge on any atom is -0.453 e. The monoisotopic (exact) mass is 451 g/mol. The van der Waals surface area contributed by atoms with Crippen LogP contribution < -0.4 is 10.6 Å². The van der Waals surface area contributed by atoms with Crippen LogP contribution in [0.5, 0.6) is 0 Å². The molecule has 2 N–H and O–H groups in total. The van der Waals surface area contributed by atoms with E-state index in [1.165, 1.54) is 22.5 Å². The Kier molecular flexibility index (Phi) is 6.54. The first-order valence-corrected chi connectivity index (χ1v) is 11.4. The van der Waals surface area contributed by atoms with Crippen LogP contribution in [0, 0.1) is 6.92 Å². The minimum absolute atomic E-state index is 0.0877. The fourth-order valence-electron chi connectivity index (χ4n) is 3.13. The Hall–Kier alpha value is -2.76. The number of anilines is 1. The molecule has 0 spiro atoms. The fourth-order valence-corrected chi connectivity index (χ4v) is 5.57. The number of hydrogen-bond donors (Lipinski definition) is 2. The van der Waals surface area contributed by atoms with Gasteiger partial charge in [-0.2, -0.15) is 4.31 Å². The summed E-state index contributed by atoms with van der Waals surface area (Å²) >= 11 is 1.09. The van der Waals surface area contributed by atoms with Crippen molar-refractivity contribution in [1.82, 2.24) is 9.62 Å². The van der Waals surface area contributed by atoms with Gasteiger partial charge in [0.25, 0.3) is 5.91 Å². The Morgan fingerprint density at radius 2 is 1.87 bits per heavy atom. The summed E-state index contributed by atoms with van der Waals surface area (Å²) in [7, 11) is -2.71. The van der Waals surface area contributed by atoms with Crippen molar-refractivity contribution in [1.29, 1.82) is 0 Å². The third-order valence-electron chi connectivity index (χ3n) is 4.68. The smallest absolute Gasteiger partial charge is 0.413 e. The molecular weight excluding hydrogens is 430 g/mol. The number of hydrogen-bond acceptors (Lipinski definition) is 7. The van der Waals surface area contributed by atoms with Crippen molar-refractivity contribution in [3.8, 4) is 0 Å². The topological polar surface area (TPSA) is 122 Å². The predicted molar refractivity (Wildman–Crippen MR) is 111 cm³/mol. The second-order valence-electron chi connectivity index (χ2n) is 6.69. The Labute approximate surface area is 178 Å². The zero-order chi connectivity index (χ0) is 21.9. The summed E-state index contributed by atoms with van der Waals surface area (Å²) in [6.45, 7) is 2.09. The lowest BCUT2D eigenvalue weighted by Gasteiger charge is -2.23. The molecule has 1 fully saturated rings. The molecule has 2 aromatic rings. The van der Waals surface area contributed by atoms with E-state index in [0.29, 0.717) is 12.8 Å². The Morgan fingerprint density at radius 1 is 1.17 bits per heavy atom. The summed E-state index contributed by atoms with van der Waals surface area (Å²) in [5, 5.41) is 6.45. The molecule has 1 unspecified atom stereocenters. The number of nitrogens with one attached hydrogen (secondary N) is 2. The molecule has 160 valence electrons. The van der Waals surface area contributed by atoms with Crippen LogP contribution in [0.4, 0.5) is 9.80 Å². The lowest BCUT2D eigenvalue weighted by molar-refractivity contribution is -0.119. The highest BCUT2D eigenvalue weighted by atomic mass is 32.2. The van der Waals surface area contributed by atoms with Crippen LogP contribution in [0.1, 0.15) is 28.8 Å². The summed E-state index contributed by atoms with van der Waals surface area (Å²) in [5.74, 6) is -1.26. The molecule has 0 aliphatic carbocycles. The minimum atomic E-state index is -3.84. The number of imide groups is 1. The first kappa shape index (κ1) is 21.9. The van der Waals surface area contributed by atoms with Crippen LogP contribution >= 0.6 is 11.3 Å². The van der Waals surface area contributed by atoms with E-state index in [1.807, 2.05) is 12.2 Å². The zero-order valence-electron chi connectivity index (χ0n) is 16.4. The van der Waals surface area contributed by atoms with Gasteiger partial charge in [-0.15, -0.1) is 11.3 Å². The third kappa shape index (κ3) is 4.53. The van der Waals surface area contributed by atoms with E-state index in [9.17, 15) is 22.8 Å². The number of nitrogens with zero attached hydrogens (tertiary/aromatic N) is 1. The number of sulfonamides is 1. The first-order chi connectivity index (χ1) is 14.2. The predicted octanol–water partition coefficient (Wildman–Crippen LogP) is 2.34. The largest absolute Gasteiger partial charge is 0.453 e. The van der Waals surface area contributed by atoms with Gasteiger partial charge in [0, 0.05) is 6.54 Å². The number of thiophene rings is 1. The van der Waals surface area contributed by atoms with Crippen LogP contribution in [-0.4, -0.2) is 50.3 Å². The van der Waals surface area contributed by atoms with Crippen molar-refractivity contribution < 1.29 is 27.5 Å². The number of methoxy groups -OCH3 is 1. The van der Waals surface area contributed by atoms with E-state index >= 15 is 0 Å². The Bertz CT molecular complexity index is 1060. The second-order valence-corrected chi connectivity index (χ2v) is 9.49. The molecule has 11 heteroatoms. The highest BCUT2D eigenvalue weighted by Crippen LogP contribution is 2.29. The average molecular weight is 452 g/mol. The molecule has 0 bridgehead atoms. The molecular formula is C19H21N3O6S2.